The lowest BCUT2D eigenvalue weighted by Crippen LogP contribution is -2.36. The third-order valence-electron chi connectivity index (χ3n) is 3.10. The van der Waals surface area contributed by atoms with Gasteiger partial charge in [0.15, 0.2) is 5.78 Å². The number of ether oxygens (including phenoxy) is 1. The average Bonchev–Trinajstić information content (AvgIpc) is 2.22. The van der Waals surface area contributed by atoms with E-state index in [1.165, 1.54) is 6.08 Å². The fraction of sp³-hybridized carbons (Fsp3) is 0.692. The summed E-state index contributed by atoms with van der Waals surface area (Å²) in [6.45, 7) is 3.80. The molecule has 17 heavy (non-hydrogen) atoms. The van der Waals surface area contributed by atoms with Gasteiger partial charge in [0.1, 0.15) is 0 Å². The molecule has 0 aromatic heterocycles. The quantitative estimate of drug-likeness (QED) is 0.748. The van der Waals surface area contributed by atoms with Crippen LogP contribution in [0.4, 0.5) is 0 Å². The summed E-state index contributed by atoms with van der Waals surface area (Å²) in [5.41, 5.74) is 0. The van der Waals surface area contributed by atoms with Gasteiger partial charge in [-0.3, -0.25) is 9.59 Å². The van der Waals surface area contributed by atoms with Gasteiger partial charge in [0.05, 0.1) is 18.6 Å². The van der Waals surface area contributed by atoms with Gasteiger partial charge < -0.3 is 9.84 Å². The number of hydrogen-bond acceptors (Lipinski definition) is 3. The Morgan fingerprint density at radius 3 is 2.65 bits per heavy atom. The molecule has 96 valence electrons. The molecule has 0 radical (unpaired) electrons. The van der Waals surface area contributed by atoms with Gasteiger partial charge >= 0.3 is 5.97 Å². The van der Waals surface area contributed by atoms with Gasteiger partial charge in [-0.1, -0.05) is 13.0 Å². The Morgan fingerprint density at radius 1 is 1.35 bits per heavy atom. The van der Waals surface area contributed by atoms with E-state index in [2.05, 4.69) is 0 Å². The second-order valence-corrected chi connectivity index (χ2v) is 4.62. The Balaban J connectivity index is 2.48. The van der Waals surface area contributed by atoms with Gasteiger partial charge in [0.25, 0.3) is 0 Å². The van der Waals surface area contributed by atoms with Crippen molar-refractivity contribution in [2.24, 2.45) is 5.92 Å². The molecule has 1 rings (SSSR count). The van der Waals surface area contributed by atoms with Gasteiger partial charge in [0, 0.05) is 6.42 Å². The van der Waals surface area contributed by atoms with Gasteiger partial charge in [-0.05, 0) is 31.8 Å². The number of aliphatic carboxylic acids is 1. The lowest BCUT2D eigenvalue weighted by Gasteiger charge is -2.33. The van der Waals surface area contributed by atoms with E-state index < -0.39 is 5.97 Å². The molecule has 0 aromatic rings. The van der Waals surface area contributed by atoms with Crippen LogP contribution in [0.2, 0.25) is 0 Å². The fourth-order valence-corrected chi connectivity index (χ4v) is 2.13. The Labute approximate surface area is 102 Å². The third kappa shape index (κ3) is 4.69. The summed E-state index contributed by atoms with van der Waals surface area (Å²) in [6, 6.07) is 0. The Hall–Kier alpha value is -1.16. The van der Waals surface area contributed by atoms with Crippen molar-refractivity contribution in [2.45, 2.75) is 51.7 Å². The average molecular weight is 240 g/mol. The van der Waals surface area contributed by atoms with Crippen LogP contribution in [0.15, 0.2) is 12.2 Å². The first kappa shape index (κ1) is 13.9. The number of carboxylic acids is 1. The minimum absolute atomic E-state index is 0.0233. The zero-order valence-corrected chi connectivity index (χ0v) is 10.4. The first-order chi connectivity index (χ1) is 8.02. The largest absolute Gasteiger partial charge is 0.481 e. The fourth-order valence-electron chi connectivity index (χ4n) is 2.13. The second kappa shape index (κ2) is 6.55. The predicted molar refractivity (Wildman–Crippen MR) is 63.7 cm³/mol. The molecule has 3 atom stereocenters. The maximum atomic E-state index is 11.4. The van der Waals surface area contributed by atoms with Gasteiger partial charge in [-0.15, -0.1) is 0 Å². The van der Waals surface area contributed by atoms with Crippen molar-refractivity contribution < 1.29 is 19.4 Å². The Bertz CT molecular complexity index is 309. The van der Waals surface area contributed by atoms with Crippen molar-refractivity contribution in [3.8, 4) is 0 Å². The standard InChI is InChI=1S/C13H20O4/c1-3-4-10(14)7-11-6-5-9(2)12(17-11)8-13(15)16/h3-4,9,11-12H,5-8H2,1-2H3,(H,15,16)/b4-3+/t9-,11-,12+/m0/s1. The highest BCUT2D eigenvalue weighted by molar-refractivity contribution is 5.89. The maximum Gasteiger partial charge on any atom is 0.305 e. The maximum absolute atomic E-state index is 11.4. The number of carbonyl (C=O) groups excluding carboxylic acids is 1. The minimum Gasteiger partial charge on any atom is -0.481 e. The van der Waals surface area contributed by atoms with E-state index in [1.807, 2.05) is 6.92 Å². The molecule has 1 aliphatic rings. The highest BCUT2D eigenvalue weighted by Gasteiger charge is 2.30. The van der Waals surface area contributed by atoms with Crippen LogP contribution in [0.25, 0.3) is 0 Å². The summed E-state index contributed by atoms with van der Waals surface area (Å²) in [5, 5.41) is 8.78. The molecular formula is C13H20O4. The van der Waals surface area contributed by atoms with Crippen molar-refractivity contribution in [1.29, 1.82) is 0 Å². The first-order valence-corrected chi connectivity index (χ1v) is 6.05. The lowest BCUT2D eigenvalue weighted by atomic mass is 9.90. The van der Waals surface area contributed by atoms with Gasteiger partial charge in [0.2, 0.25) is 0 Å². The van der Waals surface area contributed by atoms with Crippen molar-refractivity contribution in [3.63, 3.8) is 0 Å². The number of hydrogen-bond donors (Lipinski definition) is 1. The molecule has 1 heterocycles. The van der Waals surface area contributed by atoms with Gasteiger partial charge in [-0.25, -0.2) is 0 Å². The van der Waals surface area contributed by atoms with Crippen LogP contribution in [0.3, 0.4) is 0 Å². The second-order valence-electron chi connectivity index (χ2n) is 4.62. The van der Waals surface area contributed by atoms with E-state index in [0.717, 1.165) is 12.8 Å². The summed E-state index contributed by atoms with van der Waals surface area (Å²) in [4.78, 5) is 22.1. The van der Waals surface area contributed by atoms with Crippen molar-refractivity contribution in [2.75, 3.05) is 0 Å². The van der Waals surface area contributed by atoms with Crippen LogP contribution in [0.1, 0.15) is 39.5 Å². The molecule has 0 spiro atoms. The molecule has 1 saturated heterocycles. The van der Waals surface area contributed by atoms with Crippen LogP contribution in [-0.2, 0) is 14.3 Å². The molecular weight excluding hydrogens is 220 g/mol. The molecule has 1 N–H and O–H groups in total. The Kier molecular flexibility index (Phi) is 5.35. The van der Waals surface area contributed by atoms with E-state index >= 15 is 0 Å². The number of rotatable bonds is 5. The van der Waals surface area contributed by atoms with Crippen molar-refractivity contribution >= 4 is 11.8 Å². The summed E-state index contributed by atoms with van der Waals surface area (Å²) in [5.74, 6) is -0.553. The monoisotopic (exact) mass is 240 g/mol. The molecule has 0 amide bonds. The van der Waals surface area contributed by atoms with E-state index in [-0.39, 0.29) is 30.3 Å². The molecule has 0 aromatic carbocycles. The topological polar surface area (TPSA) is 63.6 Å². The number of carboxylic acid groups (broad SMARTS) is 1. The smallest absolute Gasteiger partial charge is 0.305 e. The van der Waals surface area contributed by atoms with E-state index in [0.29, 0.717) is 6.42 Å². The molecule has 0 aliphatic carbocycles. The van der Waals surface area contributed by atoms with Crippen LogP contribution < -0.4 is 0 Å². The predicted octanol–water partition coefficient (Wildman–Crippen LogP) is 2.18. The summed E-state index contributed by atoms with van der Waals surface area (Å²) >= 11 is 0. The summed E-state index contributed by atoms with van der Waals surface area (Å²) < 4.78 is 5.69. The summed E-state index contributed by atoms with van der Waals surface area (Å²) in [7, 11) is 0. The van der Waals surface area contributed by atoms with E-state index in [1.54, 1.807) is 13.0 Å². The summed E-state index contributed by atoms with van der Waals surface area (Å²) in [6.07, 6.45) is 4.99. The third-order valence-corrected chi connectivity index (χ3v) is 3.10. The highest BCUT2D eigenvalue weighted by atomic mass is 16.5. The van der Waals surface area contributed by atoms with Gasteiger partial charge in [-0.2, -0.15) is 0 Å². The lowest BCUT2D eigenvalue weighted by molar-refractivity contribution is -0.147. The number of ketones is 1. The zero-order chi connectivity index (χ0) is 12.8. The molecule has 4 nitrogen and oxygen atoms in total. The van der Waals surface area contributed by atoms with Crippen molar-refractivity contribution in [3.05, 3.63) is 12.2 Å². The van der Waals surface area contributed by atoms with E-state index in [9.17, 15) is 9.59 Å². The van der Waals surface area contributed by atoms with Crippen LogP contribution >= 0.6 is 0 Å². The molecule has 4 heteroatoms. The first-order valence-electron chi connectivity index (χ1n) is 6.05. The highest BCUT2D eigenvalue weighted by Crippen LogP contribution is 2.28. The molecule has 0 unspecified atom stereocenters. The molecule has 1 fully saturated rings. The van der Waals surface area contributed by atoms with Crippen molar-refractivity contribution in [1.82, 2.24) is 0 Å². The van der Waals surface area contributed by atoms with Crippen LogP contribution in [0.5, 0.6) is 0 Å². The Morgan fingerprint density at radius 2 is 2.06 bits per heavy atom. The minimum atomic E-state index is -0.845. The van der Waals surface area contributed by atoms with E-state index in [4.69, 9.17) is 9.84 Å². The number of allylic oxidation sites excluding steroid dienone is 2. The SMILES string of the molecule is C/C=C/C(=O)C[C@@H]1CC[C@H](C)[C@@H](CC(=O)O)O1. The zero-order valence-electron chi connectivity index (χ0n) is 10.4. The normalized spacial score (nSPS) is 29.4. The van der Waals surface area contributed by atoms with Crippen LogP contribution in [-0.4, -0.2) is 29.1 Å². The molecule has 0 saturated carbocycles. The molecule has 1 aliphatic heterocycles. The number of carbonyl (C=O) groups is 2. The molecule has 0 bridgehead atoms. The van der Waals surface area contributed by atoms with Crippen LogP contribution in [0, 0.1) is 5.92 Å².